The number of halogens is 2. The van der Waals surface area contributed by atoms with E-state index in [0.29, 0.717) is 15.7 Å². The van der Waals surface area contributed by atoms with Crippen molar-refractivity contribution in [3.05, 3.63) is 76.5 Å². The molecule has 0 atom stereocenters. The molecule has 0 unspecified atom stereocenters. The van der Waals surface area contributed by atoms with Gasteiger partial charge in [0, 0.05) is 11.9 Å². The Balaban J connectivity index is 1.94. The van der Waals surface area contributed by atoms with E-state index in [1.165, 1.54) is 0 Å². The molecule has 0 saturated carbocycles. The molecule has 0 amide bonds. The minimum atomic E-state index is 0.233. The first-order chi connectivity index (χ1) is 10.6. The van der Waals surface area contributed by atoms with Gasteiger partial charge in [-0.25, -0.2) is 0 Å². The fraction of sp³-hybridized carbons (Fsp3) is 0. The maximum Gasteiger partial charge on any atom is 0.115 e. The van der Waals surface area contributed by atoms with Crippen molar-refractivity contribution in [1.29, 1.82) is 0 Å². The van der Waals surface area contributed by atoms with Crippen molar-refractivity contribution in [2.45, 2.75) is 0 Å². The quantitative estimate of drug-likeness (QED) is 0.655. The van der Waals surface area contributed by atoms with Gasteiger partial charge >= 0.3 is 0 Å². The van der Waals surface area contributed by atoms with Crippen LogP contribution in [0.1, 0.15) is 5.69 Å². The largest absolute Gasteiger partial charge is 0.508 e. The van der Waals surface area contributed by atoms with Gasteiger partial charge in [-0.3, -0.25) is 4.99 Å². The molecule has 0 aliphatic carbocycles. The lowest BCUT2D eigenvalue weighted by Gasteiger charge is -2.06. The van der Waals surface area contributed by atoms with Crippen LogP contribution in [0.3, 0.4) is 0 Å². The number of hydrogen-bond donors (Lipinski definition) is 1. The number of aromatic nitrogens is 1. The summed E-state index contributed by atoms with van der Waals surface area (Å²) in [6, 6.07) is 16.1. The first-order valence-electron chi connectivity index (χ1n) is 6.60. The second-order valence-corrected chi connectivity index (χ2v) is 5.44. The maximum atomic E-state index is 9.37. The molecule has 1 N–H and O–H groups in total. The summed E-state index contributed by atoms with van der Waals surface area (Å²) in [4.78, 5) is 4.40. The highest BCUT2D eigenvalue weighted by atomic mass is 35.5. The molecule has 1 aromatic heterocycles. The van der Waals surface area contributed by atoms with E-state index < -0.39 is 0 Å². The molecule has 3 rings (SSSR count). The smallest absolute Gasteiger partial charge is 0.115 e. The molecule has 5 heteroatoms. The van der Waals surface area contributed by atoms with E-state index >= 15 is 0 Å². The molecule has 0 bridgehead atoms. The lowest BCUT2D eigenvalue weighted by atomic mass is 10.3. The van der Waals surface area contributed by atoms with Gasteiger partial charge in [-0.15, -0.1) is 0 Å². The summed E-state index contributed by atoms with van der Waals surface area (Å²) in [6.07, 6.45) is 3.65. The van der Waals surface area contributed by atoms with Crippen LogP contribution in [-0.2, 0) is 0 Å². The fourth-order valence-electron chi connectivity index (χ4n) is 2.08. The molecular weight excluding hydrogens is 319 g/mol. The van der Waals surface area contributed by atoms with E-state index in [-0.39, 0.29) is 5.75 Å². The highest BCUT2D eigenvalue weighted by Crippen LogP contribution is 2.31. The molecule has 110 valence electrons. The molecule has 1 heterocycles. The Morgan fingerprint density at radius 3 is 2.50 bits per heavy atom. The van der Waals surface area contributed by atoms with E-state index in [4.69, 9.17) is 23.2 Å². The molecule has 3 nitrogen and oxygen atoms in total. The maximum absolute atomic E-state index is 9.37. The third-order valence-electron chi connectivity index (χ3n) is 3.18. The monoisotopic (exact) mass is 330 g/mol. The Morgan fingerprint density at radius 1 is 0.955 bits per heavy atom. The van der Waals surface area contributed by atoms with Crippen LogP contribution in [-0.4, -0.2) is 15.9 Å². The summed E-state index contributed by atoms with van der Waals surface area (Å²) < 4.78 is 1.96. The molecule has 0 fully saturated rings. The third kappa shape index (κ3) is 3.01. The summed E-state index contributed by atoms with van der Waals surface area (Å²) in [7, 11) is 0. The Kier molecular flexibility index (Phi) is 4.18. The van der Waals surface area contributed by atoms with Crippen molar-refractivity contribution < 1.29 is 5.11 Å². The summed E-state index contributed by atoms with van der Waals surface area (Å²) in [5.41, 5.74) is 2.44. The van der Waals surface area contributed by atoms with Gasteiger partial charge < -0.3 is 9.67 Å². The molecular formula is C17H12Cl2N2O. The number of phenols is 1. The average Bonchev–Trinajstić information content (AvgIpc) is 2.98. The van der Waals surface area contributed by atoms with Gasteiger partial charge in [0.15, 0.2) is 0 Å². The summed E-state index contributed by atoms with van der Waals surface area (Å²) in [5.74, 6) is 0.233. The lowest BCUT2D eigenvalue weighted by molar-refractivity contribution is 0.475. The van der Waals surface area contributed by atoms with Gasteiger partial charge in [0.25, 0.3) is 0 Å². The van der Waals surface area contributed by atoms with Gasteiger partial charge in [0.2, 0.25) is 0 Å². The molecule has 22 heavy (non-hydrogen) atoms. The number of benzene rings is 2. The van der Waals surface area contributed by atoms with Crippen LogP contribution < -0.4 is 0 Å². The number of aromatic hydroxyl groups is 1. The molecule has 3 aromatic rings. The van der Waals surface area contributed by atoms with Crippen molar-refractivity contribution in [2.24, 2.45) is 4.99 Å². The number of hydrogen-bond acceptors (Lipinski definition) is 2. The van der Waals surface area contributed by atoms with Gasteiger partial charge in [0.1, 0.15) is 5.75 Å². The van der Waals surface area contributed by atoms with Crippen molar-refractivity contribution in [2.75, 3.05) is 0 Å². The van der Waals surface area contributed by atoms with Crippen molar-refractivity contribution in [3.63, 3.8) is 0 Å². The van der Waals surface area contributed by atoms with Crippen molar-refractivity contribution in [1.82, 2.24) is 4.57 Å². The standard InChI is InChI=1S/C17H12Cl2N2O/c18-15-4-1-5-16(17(15)19)20-11-13-3-2-10-21(13)12-6-8-14(22)9-7-12/h1-11,22H. The van der Waals surface area contributed by atoms with Crippen LogP contribution in [0.2, 0.25) is 10.0 Å². The lowest BCUT2D eigenvalue weighted by Crippen LogP contribution is -1.97. The molecule has 0 aliphatic heterocycles. The third-order valence-corrected chi connectivity index (χ3v) is 3.98. The highest BCUT2D eigenvalue weighted by molar-refractivity contribution is 6.43. The Hall–Kier alpha value is -2.23. The van der Waals surface area contributed by atoms with E-state index in [1.54, 1.807) is 36.5 Å². The normalized spacial score (nSPS) is 11.2. The Bertz CT molecular complexity index is 823. The molecule has 0 spiro atoms. The van der Waals surface area contributed by atoms with E-state index in [9.17, 15) is 5.11 Å². The minimum Gasteiger partial charge on any atom is -0.508 e. The van der Waals surface area contributed by atoms with Crippen LogP contribution in [0, 0.1) is 0 Å². The Labute approximate surface area is 138 Å². The molecule has 0 radical (unpaired) electrons. The van der Waals surface area contributed by atoms with E-state index in [0.717, 1.165) is 11.4 Å². The van der Waals surface area contributed by atoms with Gasteiger partial charge in [-0.05, 0) is 48.5 Å². The van der Waals surface area contributed by atoms with Crippen LogP contribution in [0.4, 0.5) is 5.69 Å². The van der Waals surface area contributed by atoms with Gasteiger partial charge in [0.05, 0.1) is 27.6 Å². The van der Waals surface area contributed by atoms with E-state index in [1.807, 2.05) is 35.0 Å². The second kappa shape index (κ2) is 6.26. The zero-order valence-electron chi connectivity index (χ0n) is 11.4. The summed E-state index contributed by atoms with van der Waals surface area (Å²) in [5, 5.41) is 10.3. The van der Waals surface area contributed by atoms with Crippen LogP contribution in [0.25, 0.3) is 5.69 Å². The number of rotatable bonds is 3. The Morgan fingerprint density at radius 2 is 1.73 bits per heavy atom. The van der Waals surface area contributed by atoms with Gasteiger partial charge in [-0.1, -0.05) is 29.3 Å². The van der Waals surface area contributed by atoms with Crippen LogP contribution in [0.5, 0.6) is 5.75 Å². The van der Waals surface area contributed by atoms with Crippen molar-refractivity contribution in [3.8, 4) is 11.4 Å². The zero-order chi connectivity index (χ0) is 15.5. The molecule has 0 aliphatic rings. The number of aliphatic imine (C=N–C) groups is 1. The topological polar surface area (TPSA) is 37.5 Å². The highest BCUT2D eigenvalue weighted by Gasteiger charge is 2.04. The minimum absolute atomic E-state index is 0.233. The molecule has 2 aromatic carbocycles. The van der Waals surface area contributed by atoms with Crippen LogP contribution >= 0.6 is 23.2 Å². The number of nitrogens with zero attached hydrogens (tertiary/aromatic N) is 2. The summed E-state index contributed by atoms with van der Waals surface area (Å²) in [6.45, 7) is 0. The average molecular weight is 331 g/mol. The predicted octanol–water partition coefficient (Wildman–Crippen LogP) is 5.24. The summed E-state index contributed by atoms with van der Waals surface area (Å²) >= 11 is 12.1. The van der Waals surface area contributed by atoms with Gasteiger partial charge in [-0.2, -0.15) is 0 Å². The predicted molar refractivity (Wildman–Crippen MR) is 91.1 cm³/mol. The second-order valence-electron chi connectivity index (χ2n) is 4.65. The SMILES string of the molecule is Oc1ccc(-n2cccc2C=Nc2cccc(Cl)c2Cl)cc1. The van der Waals surface area contributed by atoms with E-state index in [2.05, 4.69) is 4.99 Å². The molecule has 0 saturated heterocycles. The van der Waals surface area contributed by atoms with Crippen LogP contribution in [0.15, 0.2) is 65.8 Å². The first-order valence-corrected chi connectivity index (χ1v) is 7.35. The first kappa shape index (κ1) is 14.7. The fourth-order valence-corrected chi connectivity index (χ4v) is 2.42. The zero-order valence-corrected chi connectivity index (χ0v) is 13.0. The van der Waals surface area contributed by atoms with Crippen molar-refractivity contribution >= 4 is 35.1 Å². The number of phenolic OH excluding ortho intramolecular Hbond substituents is 1.